The number of nitriles is 1. The first-order valence-electron chi connectivity index (χ1n) is 9.33. The van der Waals surface area contributed by atoms with Gasteiger partial charge >= 0.3 is 0 Å². The summed E-state index contributed by atoms with van der Waals surface area (Å²) in [5.41, 5.74) is 6.04. The van der Waals surface area contributed by atoms with Gasteiger partial charge in [-0.05, 0) is 35.9 Å². The highest BCUT2D eigenvalue weighted by Crippen LogP contribution is 2.38. The van der Waals surface area contributed by atoms with Crippen LogP contribution in [0.15, 0.2) is 53.6 Å². The molecule has 0 saturated carbocycles. The van der Waals surface area contributed by atoms with E-state index in [0.717, 1.165) is 46.9 Å². The van der Waals surface area contributed by atoms with Crippen LogP contribution in [0.4, 0.5) is 0 Å². The van der Waals surface area contributed by atoms with Crippen molar-refractivity contribution in [2.75, 3.05) is 13.6 Å². The predicted molar refractivity (Wildman–Crippen MR) is 120 cm³/mol. The van der Waals surface area contributed by atoms with E-state index in [0.29, 0.717) is 21.4 Å². The summed E-state index contributed by atoms with van der Waals surface area (Å²) in [6.07, 6.45) is 0.887. The first kappa shape index (κ1) is 20.3. The Hall–Kier alpha value is -2.03. The molecular weight excluding hydrogens is 421 g/mol. The molecule has 0 saturated heterocycles. The molecule has 0 aliphatic carbocycles. The van der Waals surface area contributed by atoms with Crippen LogP contribution in [0.1, 0.15) is 22.4 Å². The number of nitrogens with zero attached hydrogens (tertiary/aromatic N) is 3. The molecule has 2 aromatic carbocycles. The molecule has 29 heavy (non-hydrogen) atoms. The lowest BCUT2D eigenvalue weighted by Crippen LogP contribution is -2.28. The van der Waals surface area contributed by atoms with E-state index in [1.165, 1.54) is 5.56 Å². The monoisotopic (exact) mass is 439 g/mol. The van der Waals surface area contributed by atoms with Crippen molar-refractivity contribution in [1.29, 1.82) is 5.26 Å². The lowest BCUT2D eigenvalue weighted by Gasteiger charge is -2.28. The summed E-state index contributed by atoms with van der Waals surface area (Å²) in [7, 11) is 2.11. The highest BCUT2D eigenvalue weighted by atomic mass is 35.5. The summed E-state index contributed by atoms with van der Waals surface area (Å²) >= 11 is 13.8. The Morgan fingerprint density at radius 2 is 1.93 bits per heavy atom. The third-order valence-corrected chi connectivity index (χ3v) is 6.83. The molecule has 1 aliphatic heterocycles. The number of thioether (sulfide) groups is 1. The van der Waals surface area contributed by atoms with Gasteiger partial charge in [0.15, 0.2) is 0 Å². The summed E-state index contributed by atoms with van der Waals surface area (Å²) in [6, 6.07) is 18.2. The number of pyridine rings is 1. The van der Waals surface area contributed by atoms with Gasteiger partial charge < -0.3 is 4.90 Å². The lowest BCUT2D eigenvalue weighted by atomic mass is 9.92. The van der Waals surface area contributed by atoms with Crippen LogP contribution in [0.25, 0.3) is 11.1 Å². The van der Waals surface area contributed by atoms with Crippen molar-refractivity contribution >= 4 is 35.0 Å². The Labute approximate surface area is 185 Å². The van der Waals surface area contributed by atoms with E-state index in [-0.39, 0.29) is 0 Å². The van der Waals surface area contributed by atoms with Crippen LogP contribution in [0.2, 0.25) is 10.0 Å². The van der Waals surface area contributed by atoms with Crippen molar-refractivity contribution in [2.24, 2.45) is 0 Å². The largest absolute Gasteiger partial charge is 0.302 e. The van der Waals surface area contributed by atoms with Gasteiger partial charge in [-0.3, -0.25) is 0 Å². The number of rotatable bonds is 4. The van der Waals surface area contributed by atoms with E-state index in [1.54, 1.807) is 17.8 Å². The van der Waals surface area contributed by atoms with Gasteiger partial charge in [0.05, 0.1) is 15.6 Å². The van der Waals surface area contributed by atoms with Crippen molar-refractivity contribution in [3.8, 4) is 17.2 Å². The third kappa shape index (κ3) is 4.29. The molecule has 0 bridgehead atoms. The SMILES string of the molecule is CN1CCc2nc(SCc3ccc(Cl)c(Cl)c3)c(C#N)c(-c3ccccc3)c2C1. The minimum Gasteiger partial charge on any atom is -0.302 e. The maximum atomic E-state index is 10.1. The van der Waals surface area contributed by atoms with Gasteiger partial charge in [-0.2, -0.15) is 5.26 Å². The van der Waals surface area contributed by atoms with Crippen LogP contribution < -0.4 is 0 Å². The number of aromatic nitrogens is 1. The zero-order chi connectivity index (χ0) is 20.4. The minimum absolute atomic E-state index is 0.539. The summed E-state index contributed by atoms with van der Waals surface area (Å²) in [5.74, 6) is 0.672. The first-order chi connectivity index (χ1) is 14.1. The van der Waals surface area contributed by atoms with E-state index in [1.807, 2.05) is 30.3 Å². The van der Waals surface area contributed by atoms with E-state index in [2.05, 4.69) is 30.1 Å². The Kier molecular flexibility index (Phi) is 6.12. The minimum atomic E-state index is 0.539. The Bertz CT molecular complexity index is 1090. The maximum Gasteiger partial charge on any atom is 0.115 e. The molecule has 6 heteroatoms. The molecule has 146 valence electrons. The number of hydrogen-bond donors (Lipinski definition) is 0. The van der Waals surface area contributed by atoms with Gasteiger partial charge in [-0.25, -0.2) is 4.98 Å². The zero-order valence-corrected chi connectivity index (χ0v) is 18.3. The number of likely N-dealkylation sites (N-methyl/N-ethyl adjacent to an activating group) is 1. The van der Waals surface area contributed by atoms with Crippen LogP contribution in [-0.4, -0.2) is 23.5 Å². The summed E-state index contributed by atoms with van der Waals surface area (Å²) in [5, 5.41) is 11.9. The quantitative estimate of drug-likeness (QED) is 0.453. The van der Waals surface area contributed by atoms with E-state index < -0.39 is 0 Å². The van der Waals surface area contributed by atoms with Gasteiger partial charge in [0.1, 0.15) is 11.1 Å². The average molecular weight is 440 g/mol. The Morgan fingerprint density at radius 1 is 1.14 bits per heavy atom. The molecule has 2 heterocycles. The fourth-order valence-electron chi connectivity index (χ4n) is 3.58. The smallest absolute Gasteiger partial charge is 0.115 e. The summed E-state index contributed by atoms with van der Waals surface area (Å²) < 4.78 is 0. The van der Waals surface area contributed by atoms with Crippen molar-refractivity contribution in [3.05, 3.63) is 81.0 Å². The van der Waals surface area contributed by atoms with Gasteiger partial charge in [0.25, 0.3) is 0 Å². The van der Waals surface area contributed by atoms with Crippen molar-refractivity contribution < 1.29 is 0 Å². The highest BCUT2D eigenvalue weighted by molar-refractivity contribution is 7.98. The van der Waals surface area contributed by atoms with Crippen molar-refractivity contribution in [1.82, 2.24) is 9.88 Å². The highest BCUT2D eigenvalue weighted by Gasteiger charge is 2.24. The van der Waals surface area contributed by atoms with Gasteiger partial charge in [-0.1, -0.05) is 59.6 Å². The van der Waals surface area contributed by atoms with Gasteiger partial charge in [0.2, 0.25) is 0 Å². The zero-order valence-electron chi connectivity index (χ0n) is 16.0. The number of halogens is 2. The van der Waals surface area contributed by atoms with Crippen LogP contribution in [0.5, 0.6) is 0 Å². The molecule has 1 aliphatic rings. The van der Waals surface area contributed by atoms with Crippen molar-refractivity contribution in [3.63, 3.8) is 0 Å². The first-order valence-corrected chi connectivity index (χ1v) is 11.1. The molecule has 0 fully saturated rings. The molecule has 0 unspecified atom stereocenters. The summed E-state index contributed by atoms with van der Waals surface area (Å²) in [6.45, 7) is 1.77. The molecule has 0 amide bonds. The number of hydrogen-bond acceptors (Lipinski definition) is 4. The summed E-state index contributed by atoms with van der Waals surface area (Å²) in [4.78, 5) is 7.19. The van der Waals surface area contributed by atoms with Crippen LogP contribution in [-0.2, 0) is 18.7 Å². The average Bonchev–Trinajstić information content (AvgIpc) is 2.74. The number of fused-ring (bicyclic) bond motifs is 1. The molecule has 0 N–H and O–H groups in total. The second-order valence-corrected chi connectivity index (χ2v) is 8.87. The standard InChI is InChI=1S/C23H19Cl2N3S/c1-28-10-9-21-18(13-28)22(16-5-3-2-4-6-16)17(12-26)23(27-21)29-14-15-7-8-19(24)20(25)11-15/h2-8,11H,9-10,13-14H2,1H3. The second-order valence-electron chi connectivity index (χ2n) is 7.09. The molecule has 0 spiro atoms. The van der Waals surface area contributed by atoms with Crippen molar-refractivity contribution in [2.45, 2.75) is 23.7 Å². The van der Waals surface area contributed by atoms with Crippen LogP contribution in [0, 0.1) is 11.3 Å². The second kappa shape index (κ2) is 8.77. The van der Waals surface area contributed by atoms with Gasteiger partial charge in [-0.15, -0.1) is 11.8 Å². The topological polar surface area (TPSA) is 39.9 Å². The molecular formula is C23H19Cl2N3S. The molecule has 3 aromatic rings. The molecule has 0 radical (unpaired) electrons. The Morgan fingerprint density at radius 3 is 2.66 bits per heavy atom. The van der Waals surface area contributed by atoms with E-state index in [4.69, 9.17) is 28.2 Å². The Balaban J connectivity index is 1.78. The number of benzene rings is 2. The van der Waals surface area contributed by atoms with Gasteiger partial charge in [0, 0.05) is 36.5 Å². The fraction of sp³-hybridized carbons (Fsp3) is 0.217. The lowest BCUT2D eigenvalue weighted by molar-refractivity contribution is 0.309. The van der Waals surface area contributed by atoms with Crippen LogP contribution in [0.3, 0.4) is 0 Å². The maximum absolute atomic E-state index is 10.1. The molecule has 4 rings (SSSR count). The van der Waals surface area contributed by atoms with Crippen LogP contribution >= 0.6 is 35.0 Å². The molecule has 3 nitrogen and oxygen atoms in total. The van der Waals surface area contributed by atoms with E-state index in [9.17, 15) is 5.26 Å². The predicted octanol–water partition coefficient (Wildman–Crippen LogP) is 6.21. The molecule has 1 aromatic heterocycles. The van der Waals surface area contributed by atoms with E-state index >= 15 is 0 Å². The fourth-order valence-corrected chi connectivity index (χ4v) is 4.85. The third-order valence-electron chi connectivity index (χ3n) is 5.04. The molecule has 0 atom stereocenters. The normalized spacial score (nSPS) is 13.7.